The van der Waals surface area contributed by atoms with E-state index in [-0.39, 0.29) is 91.0 Å². The van der Waals surface area contributed by atoms with Crippen LogP contribution in [0, 0.1) is 35.3 Å². The number of anilines is 4. The molecule has 460 valence electrons. The van der Waals surface area contributed by atoms with Crippen LogP contribution in [-0.4, -0.2) is 108 Å². The van der Waals surface area contributed by atoms with E-state index in [2.05, 4.69) is 20.4 Å². The molecule has 22 heteroatoms. The molecule has 0 aromatic heterocycles. The number of hydrogen-bond acceptors (Lipinski definition) is 11. The Morgan fingerprint density at radius 1 is 0.591 bits per heavy atom. The maximum Gasteiger partial charge on any atom is 0.303 e. The molecule has 6 heterocycles. The van der Waals surface area contributed by atoms with Crippen LogP contribution in [0.25, 0.3) is 0 Å². The molecular formula is C66H63Cl5F2N6O9. The van der Waals surface area contributed by atoms with Crippen LogP contribution in [-0.2, 0) is 39.8 Å². The number of halogens is 7. The molecule has 6 aromatic rings. The van der Waals surface area contributed by atoms with E-state index in [0.29, 0.717) is 86.5 Å². The minimum absolute atomic E-state index is 0. The summed E-state index contributed by atoms with van der Waals surface area (Å²) >= 11 is 25.2. The number of Topliss-reactive ketones (excluding diaryl/α,β-unsaturated/α-hetero) is 2. The fourth-order valence-electron chi connectivity index (χ4n) is 14.5. The van der Waals surface area contributed by atoms with Crippen LogP contribution < -0.4 is 20.4 Å². The summed E-state index contributed by atoms with van der Waals surface area (Å²) in [7, 11) is 0. The van der Waals surface area contributed by atoms with Gasteiger partial charge in [-0.3, -0.25) is 43.4 Å². The Kier molecular flexibility index (Phi) is 17.9. The largest absolute Gasteiger partial charge is 0.457 e. The lowest BCUT2D eigenvalue weighted by molar-refractivity contribution is -0.140. The normalized spacial score (nSPS) is 25.4. The number of amides is 4. The number of nitrogens with zero attached hydrogens (tertiary/aromatic N) is 4. The second-order valence-electron chi connectivity index (χ2n) is 23.2. The quantitative estimate of drug-likeness (QED) is 0.0738. The Balaban J connectivity index is 0.000000188. The number of carbonyl (C=O) groups is 7. The molecule has 88 heavy (non-hydrogen) atoms. The van der Waals surface area contributed by atoms with E-state index in [1.807, 2.05) is 6.07 Å². The minimum atomic E-state index is -1.35. The van der Waals surface area contributed by atoms with Gasteiger partial charge in [-0.1, -0.05) is 97.7 Å². The number of carbonyl (C=O) groups excluding carboxylic acids is 7. The van der Waals surface area contributed by atoms with Crippen molar-refractivity contribution in [3.8, 4) is 0 Å². The van der Waals surface area contributed by atoms with Crippen molar-refractivity contribution in [1.82, 2.24) is 9.80 Å². The summed E-state index contributed by atoms with van der Waals surface area (Å²) in [5, 5.41) is 16.0. The van der Waals surface area contributed by atoms with Gasteiger partial charge in [0.1, 0.15) is 29.3 Å². The van der Waals surface area contributed by atoms with Gasteiger partial charge >= 0.3 is 5.97 Å². The minimum Gasteiger partial charge on any atom is -0.457 e. The molecule has 8 aliphatic rings. The molecule has 0 unspecified atom stereocenters. The molecule has 14 rings (SSSR count). The SMILES string of the molecule is C.C.CC(=O)OCC(=O)c1ccc(N2C[C@H]3[C@@H](C2=O)[C@H](c2cccc(Cl)c2F)[C@]2(C(=O)Nc4cc(Cl)ccc42)N3CC2CC2)cc1.Cl.O=C(CO)c1ccc(N2C[C@H]3[C@@H](C2=O)[C@H](c2cccc(Cl)c2F)[C@]2(C(=O)Nc4cc(Cl)ccc42)N3CC2CC2)cc1. The third-order valence-corrected chi connectivity index (χ3v) is 19.5. The van der Waals surface area contributed by atoms with Crippen molar-refractivity contribution in [2.75, 3.05) is 59.8 Å². The maximum atomic E-state index is 16.0. The summed E-state index contributed by atoms with van der Waals surface area (Å²) in [6.45, 7) is 1.97. The molecule has 2 spiro atoms. The molecule has 6 fully saturated rings. The predicted octanol–water partition coefficient (Wildman–Crippen LogP) is 12.3. The first-order valence-electron chi connectivity index (χ1n) is 28.1. The highest BCUT2D eigenvalue weighted by molar-refractivity contribution is 6.32. The van der Waals surface area contributed by atoms with Gasteiger partial charge in [0.25, 0.3) is 0 Å². The number of rotatable bonds is 13. The van der Waals surface area contributed by atoms with E-state index in [4.69, 9.17) is 51.1 Å². The lowest BCUT2D eigenvalue weighted by atomic mass is 9.71. The van der Waals surface area contributed by atoms with Crippen LogP contribution in [0.3, 0.4) is 0 Å². The van der Waals surface area contributed by atoms with Gasteiger partial charge in [0, 0.05) is 112 Å². The number of esters is 1. The fraction of sp³-hybridized carbons (Fsp3) is 0.348. The van der Waals surface area contributed by atoms with Crippen LogP contribution in [0.2, 0.25) is 20.1 Å². The number of likely N-dealkylation sites (tertiary alicyclic amines) is 2. The molecule has 0 bridgehead atoms. The van der Waals surface area contributed by atoms with Crippen LogP contribution in [0.15, 0.2) is 121 Å². The van der Waals surface area contributed by atoms with E-state index in [1.165, 1.54) is 19.1 Å². The molecule has 8 atom stereocenters. The Labute approximate surface area is 534 Å². The molecule has 4 amide bonds. The number of benzene rings is 6. The summed E-state index contributed by atoms with van der Waals surface area (Å²) < 4.78 is 36.8. The maximum absolute atomic E-state index is 16.0. The van der Waals surface area contributed by atoms with E-state index in [0.717, 1.165) is 25.7 Å². The summed E-state index contributed by atoms with van der Waals surface area (Å²) in [6, 6.07) is 32.1. The van der Waals surface area contributed by atoms with E-state index < -0.39 is 76.8 Å². The number of aliphatic hydroxyl groups excluding tert-OH is 1. The molecule has 2 aliphatic carbocycles. The average Bonchev–Trinajstić information content (AvgIpc) is 1.53. The number of fused-ring (bicyclic) bond motifs is 6. The van der Waals surface area contributed by atoms with Crippen molar-refractivity contribution in [2.45, 2.75) is 82.5 Å². The summed E-state index contributed by atoms with van der Waals surface area (Å²) in [5.41, 5.74) is 2.06. The third kappa shape index (κ3) is 10.4. The molecule has 2 saturated carbocycles. The van der Waals surface area contributed by atoms with Crippen LogP contribution >= 0.6 is 58.8 Å². The molecule has 3 N–H and O–H groups in total. The average molecular weight is 1300 g/mol. The summed E-state index contributed by atoms with van der Waals surface area (Å²) in [5.74, 6) is -6.24. The van der Waals surface area contributed by atoms with Crippen molar-refractivity contribution < 1.29 is 52.2 Å². The van der Waals surface area contributed by atoms with Gasteiger partial charge in [-0.25, -0.2) is 8.78 Å². The summed E-state index contributed by atoms with van der Waals surface area (Å²) in [4.78, 5) is 101. The zero-order valence-electron chi connectivity index (χ0n) is 45.9. The zero-order valence-corrected chi connectivity index (χ0v) is 49.8. The van der Waals surface area contributed by atoms with Gasteiger partial charge in [0.05, 0.1) is 21.9 Å². The van der Waals surface area contributed by atoms with E-state index in [9.17, 15) is 38.7 Å². The number of ketones is 2. The molecule has 0 radical (unpaired) electrons. The number of hydrogen-bond donors (Lipinski definition) is 3. The second-order valence-corrected chi connectivity index (χ2v) is 24.9. The van der Waals surface area contributed by atoms with Crippen molar-refractivity contribution in [1.29, 1.82) is 0 Å². The first kappa shape index (κ1) is 64.2. The van der Waals surface area contributed by atoms with Crippen LogP contribution in [0.5, 0.6) is 0 Å². The van der Waals surface area contributed by atoms with Crippen LogP contribution in [0.1, 0.15) is 102 Å². The fourth-order valence-corrected chi connectivity index (χ4v) is 15.2. The number of ether oxygens (including phenoxy) is 1. The Hall–Kier alpha value is -6.80. The van der Waals surface area contributed by atoms with Gasteiger partial charge in [-0.15, -0.1) is 12.4 Å². The standard InChI is InChI=1S/C33H28Cl2FN3O5.C31H26Cl2FN3O4.2CH4.ClH/c1-17(40)44-16-27(41)19-7-10-21(11-8-19)38-15-26-28(31(38)42)29(22-3-2-4-24(35)30(22)36)33(39(26)14-18-5-6-18)23-12-9-20(34)13-25(23)37-32(33)43;32-18-8-11-21-23(12-18)35-30(41)31(21)27(20-2-1-3-22(33)28(20)34)26-24(37(31)13-16-4-5-16)14-36(29(26)40)19-9-6-17(7-10-19)25(39)15-38;;;/h2-4,7-13,18,26,28-29H,5-6,14-16H2,1H3,(H,37,43);1-3,6-12,16,24,26-27,38H,4-5,13-15H2,(H,35,41);2*1H4;1H/t26-,28+,29-,33+;24-,26+,27-,31+;;;/m00.../s1. The predicted molar refractivity (Wildman–Crippen MR) is 336 cm³/mol. The first-order valence-corrected chi connectivity index (χ1v) is 29.7. The van der Waals surface area contributed by atoms with Crippen molar-refractivity contribution in [3.63, 3.8) is 0 Å². The Morgan fingerprint density at radius 2 is 0.989 bits per heavy atom. The van der Waals surface area contributed by atoms with Gasteiger partial charge in [-0.2, -0.15) is 0 Å². The Morgan fingerprint density at radius 3 is 1.36 bits per heavy atom. The van der Waals surface area contributed by atoms with Crippen molar-refractivity contribution >= 4 is 123 Å². The van der Waals surface area contributed by atoms with Gasteiger partial charge in [0.15, 0.2) is 18.2 Å². The third-order valence-electron chi connectivity index (χ3n) is 18.5. The smallest absolute Gasteiger partial charge is 0.303 e. The highest BCUT2D eigenvalue weighted by Crippen LogP contribution is 2.65. The highest BCUT2D eigenvalue weighted by atomic mass is 35.5. The molecule has 15 nitrogen and oxygen atoms in total. The topological polar surface area (TPSA) is 186 Å². The number of nitrogens with one attached hydrogen (secondary N) is 2. The van der Waals surface area contributed by atoms with Crippen molar-refractivity contribution in [2.24, 2.45) is 23.7 Å². The van der Waals surface area contributed by atoms with Crippen LogP contribution in [0.4, 0.5) is 31.5 Å². The molecule has 6 aromatic carbocycles. The molecule has 4 saturated heterocycles. The first-order chi connectivity index (χ1) is 40.9. The monoisotopic (exact) mass is 1300 g/mol. The molecule has 6 aliphatic heterocycles. The van der Waals surface area contributed by atoms with E-state index >= 15 is 8.78 Å². The second kappa shape index (κ2) is 24.5. The zero-order chi connectivity index (χ0) is 59.5. The lowest BCUT2D eigenvalue weighted by Gasteiger charge is -2.41. The lowest BCUT2D eigenvalue weighted by Crippen LogP contribution is -2.54. The van der Waals surface area contributed by atoms with Gasteiger partial charge in [-0.05, 0) is 134 Å². The summed E-state index contributed by atoms with van der Waals surface area (Å²) in [6.07, 6.45) is 4.06. The van der Waals surface area contributed by atoms with E-state index in [1.54, 1.807) is 113 Å². The number of aliphatic hydroxyl groups is 1. The molecular weight excluding hydrogens is 1240 g/mol. The van der Waals surface area contributed by atoms with Crippen molar-refractivity contribution in [3.05, 3.63) is 186 Å². The highest BCUT2D eigenvalue weighted by Gasteiger charge is 2.73. The van der Waals surface area contributed by atoms with Gasteiger partial charge < -0.3 is 30.3 Å². The Bertz CT molecular complexity index is 3840. The van der Waals surface area contributed by atoms with Gasteiger partial charge in [0.2, 0.25) is 23.6 Å².